The molecule has 23 heavy (non-hydrogen) atoms. The molecule has 1 aromatic carbocycles. The van der Waals surface area contributed by atoms with E-state index in [0.717, 1.165) is 13.1 Å². The Bertz CT molecular complexity index is 554. The van der Waals surface area contributed by atoms with Crippen LogP contribution < -0.4 is 0 Å². The predicted molar refractivity (Wildman–Crippen MR) is 89.3 cm³/mol. The van der Waals surface area contributed by atoms with Crippen molar-refractivity contribution in [1.82, 2.24) is 9.80 Å². The fraction of sp³-hybridized carbons (Fsp3) is 0.556. The van der Waals surface area contributed by atoms with Crippen LogP contribution in [-0.4, -0.2) is 52.5 Å². The highest BCUT2D eigenvalue weighted by Crippen LogP contribution is 2.19. The largest absolute Gasteiger partial charge is 0.481 e. The van der Waals surface area contributed by atoms with Crippen LogP contribution in [0, 0.1) is 5.92 Å². The highest BCUT2D eigenvalue weighted by molar-refractivity contribution is 5.94. The van der Waals surface area contributed by atoms with Crippen molar-refractivity contribution >= 4 is 11.9 Å². The first-order valence-electron chi connectivity index (χ1n) is 8.27. The van der Waals surface area contributed by atoms with Crippen LogP contribution in [-0.2, 0) is 11.3 Å². The van der Waals surface area contributed by atoms with Gasteiger partial charge in [0.25, 0.3) is 5.91 Å². The first-order valence-corrected chi connectivity index (χ1v) is 8.27. The van der Waals surface area contributed by atoms with Gasteiger partial charge < -0.3 is 10.0 Å². The van der Waals surface area contributed by atoms with Gasteiger partial charge in [-0.2, -0.15) is 0 Å². The van der Waals surface area contributed by atoms with Gasteiger partial charge in [0.05, 0.1) is 5.92 Å². The van der Waals surface area contributed by atoms with E-state index in [4.69, 9.17) is 5.11 Å². The van der Waals surface area contributed by atoms with Crippen LogP contribution in [0.2, 0.25) is 0 Å². The Hall–Kier alpha value is -1.88. The Morgan fingerprint density at radius 1 is 1.30 bits per heavy atom. The molecule has 0 radical (unpaired) electrons. The molecule has 2 rings (SSSR count). The van der Waals surface area contributed by atoms with Gasteiger partial charge in [-0.05, 0) is 44.5 Å². The summed E-state index contributed by atoms with van der Waals surface area (Å²) >= 11 is 0. The summed E-state index contributed by atoms with van der Waals surface area (Å²) in [6.45, 7) is 9.18. The molecule has 0 aliphatic carbocycles. The molecule has 1 fully saturated rings. The maximum Gasteiger partial charge on any atom is 0.308 e. The number of amides is 1. The molecular formula is C18H26N2O3. The van der Waals surface area contributed by atoms with Crippen molar-refractivity contribution in [3.63, 3.8) is 0 Å². The van der Waals surface area contributed by atoms with Crippen LogP contribution in [0.15, 0.2) is 24.3 Å². The van der Waals surface area contributed by atoms with E-state index in [2.05, 4.69) is 25.7 Å². The smallest absolute Gasteiger partial charge is 0.308 e. The van der Waals surface area contributed by atoms with Crippen molar-refractivity contribution in [2.45, 2.75) is 39.8 Å². The van der Waals surface area contributed by atoms with E-state index in [1.165, 1.54) is 5.56 Å². The molecular weight excluding hydrogens is 292 g/mol. The number of carbonyl (C=O) groups is 2. The lowest BCUT2D eigenvalue weighted by atomic mass is 10.1. The number of carboxylic acids is 1. The van der Waals surface area contributed by atoms with Gasteiger partial charge in [-0.25, -0.2) is 0 Å². The van der Waals surface area contributed by atoms with Crippen molar-refractivity contribution in [2.24, 2.45) is 5.92 Å². The predicted octanol–water partition coefficient (Wildman–Crippen LogP) is 2.46. The van der Waals surface area contributed by atoms with Crippen molar-refractivity contribution in [2.75, 3.05) is 19.6 Å². The summed E-state index contributed by atoms with van der Waals surface area (Å²) in [4.78, 5) is 27.4. The molecule has 1 heterocycles. The Labute approximate surface area is 137 Å². The normalized spacial score (nSPS) is 18.0. The molecule has 126 valence electrons. The van der Waals surface area contributed by atoms with E-state index >= 15 is 0 Å². The molecule has 1 atom stereocenters. The average Bonchev–Trinajstić information content (AvgIpc) is 3.02. The van der Waals surface area contributed by atoms with Gasteiger partial charge >= 0.3 is 5.97 Å². The summed E-state index contributed by atoms with van der Waals surface area (Å²) in [5.41, 5.74) is 1.81. The second-order valence-corrected chi connectivity index (χ2v) is 6.43. The molecule has 5 nitrogen and oxygen atoms in total. The lowest BCUT2D eigenvalue weighted by Gasteiger charge is -2.24. The first kappa shape index (κ1) is 17.5. The number of carboxylic acid groups (broad SMARTS) is 1. The van der Waals surface area contributed by atoms with Crippen molar-refractivity contribution in [3.05, 3.63) is 35.4 Å². The van der Waals surface area contributed by atoms with Crippen LogP contribution in [0.4, 0.5) is 0 Å². The minimum absolute atomic E-state index is 0.0727. The number of hydrogen-bond acceptors (Lipinski definition) is 3. The fourth-order valence-corrected chi connectivity index (χ4v) is 2.98. The Kier molecular flexibility index (Phi) is 5.77. The van der Waals surface area contributed by atoms with E-state index in [1.807, 2.05) is 24.3 Å². The standard InChI is InChI=1S/C18H26N2O3/c1-4-19(13(2)3)11-14-5-7-15(8-6-14)17(21)20-10-9-16(12-20)18(22)23/h5-8,13,16H,4,9-12H2,1-3H3,(H,22,23)/t16-/m0/s1. The number of rotatable bonds is 6. The van der Waals surface area contributed by atoms with Crippen LogP contribution in [0.3, 0.4) is 0 Å². The SMILES string of the molecule is CCN(Cc1ccc(C(=O)N2CC[C@H](C(=O)O)C2)cc1)C(C)C. The van der Waals surface area contributed by atoms with Gasteiger partial charge in [0, 0.05) is 31.2 Å². The second-order valence-electron chi connectivity index (χ2n) is 6.43. The van der Waals surface area contributed by atoms with Gasteiger partial charge in [-0.3, -0.25) is 14.5 Å². The summed E-state index contributed by atoms with van der Waals surface area (Å²) in [5.74, 6) is -1.32. The monoisotopic (exact) mass is 318 g/mol. The maximum absolute atomic E-state index is 12.4. The maximum atomic E-state index is 12.4. The van der Waals surface area contributed by atoms with Gasteiger partial charge in [0.15, 0.2) is 0 Å². The Morgan fingerprint density at radius 3 is 2.43 bits per heavy atom. The molecule has 0 saturated carbocycles. The number of hydrogen-bond donors (Lipinski definition) is 1. The van der Waals surface area contributed by atoms with Gasteiger partial charge in [0.1, 0.15) is 0 Å². The molecule has 1 aromatic rings. The molecule has 0 aromatic heterocycles. The van der Waals surface area contributed by atoms with Gasteiger partial charge in [-0.1, -0.05) is 19.1 Å². The highest BCUT2D eigenvalue weighted by atomic mass is 16.4. The third-order valence-electron chi connectivity index (χ3n) is 4.55. The summed E-state index contributed by atoms with van der Waals surface area (Å²) in [7, 11) is 0. The molecule has 1 saturated heterocycles. The molecule has 0 spiro atoms. The zero-order valence-corrected chi connectivity index (χ0v) is 14.2. The summed E-state index contributed by atoms with van der Waals surface area (Å²) < 4.78 is 0. The molecule has 1 amide bonds. The number of carbonyl (C=O) groups excluding carboxylic acids is 1. The highest BCUT2D eigenvalue weighted by Gasteiger charge is 2.31. The van der Waals surface area contributed by atoms with E-state index in [1.54, 1.807) is 4.90 Å². The zero-order chi connectivity index (χ0) is 17.0. The van der Waals surface area contributed by atoms with Crippen molar-refractivity contribution < 1.29 is 14.7 Å². The molecule has 0 bridgehead atoms. The molecule has 1 N–H and O–H groups in total. The average molecular weight is 318 g/mol. The van der Waals surface area contributed by atoms with Crippen LogP contribution in [0.1, 0.15) is 43.1 Å². The van der Waals surface area contributed by atoms with Crippen molar-refractivity contribution in [1.29, 1.82) is 0 Å². The summed E-state index contributed by atoms with van der Waals surface area (Å²) in [6.07, 6.45) is 0.541. The van der Waals surface area contributed by atoms with Crippen LogP contribution in [0.25, 0.3) is 0 Å². The van der Waals surface area contributed by atoms with E-state index < -0.39 is 11.9 Å². The second kappa shape index (κ2) is 7.59. The minimum Gasteiger partial charge on any atom is -0.481 e. The van der Waals surface area contributed by atoms with E-state index in [0.29, 0.717) is 31.1 Å². The lowest BCUT2D eigenvalue weighted by Crippen LogP contribution is -2.30. The quantitative estimate of drug-likeness (QED) is 0.875. The van der Waals surface area contributed by atoms with E-state index in [9.17, 15) is 9.59 Å². The number of aliphatic carboxylic acids is 1. The van der Waals surface area contributed by atoms with Gasteiger partial charge in [0.2, 0.25) is 0 Å². The number of likely N-dealkylation sites (tertiary alicyclic amines) is 1. The minimum atomic E-state index is -0.816. The zero-order valence-electron chi connectivity index (χ0n) is 14.2. The molecule has 1 aliphatic rings. The molecule has 1 aliphatic heterocycles. The molecule has 5 heteroatoms. The fourth-order valence-electron chi connectivity index (χ4n) is 2.98. The Balaban J connectivity index is 1.99. The molecule has 0 unspecified atom stereocenters. The van der Waals surface area contributed by atoms with Crippen LogP contribution in [0.5, 0.6) is 0 Å². The van der Waals surface area contributed by atoms with E-state index in [-0.39, 0.29) is 5.91 Å². The van der Waals surface area contributed by atoms with Crippen molar-refractivity contribution in [3.8, 4) is 0 Å². The lowest BCUT2D eigenvalue weighted by molar-refractivity contribution is -0.141. The number of nitrogens with zero attached hydrogens (tertiary/aromatic N) is 2. The van der Waals surface area contributed by atoms with Crippen LogP contribution >= 0.6 is 0 Å². The van der Waals surface area contributed by atoms with Gasteiger partial charge in [-0.15, -0.1) is 0 Å². The summed E-state index contributed by atoms with van der Waals surface area (Å²) in [6, 6.07) is 8.16. The number of benzene rings is 1. The first-order chi connectivity index (χ1) is 10.9. The summed E-state index contributed by atoms with van der Waals surface area (Å²) in [5, 5.41) is 9.03. The topological polar surface area (TPSA) is 60.9 Å². The third kappa shape index (κ3) is 4.32. The Morgan fingerprint density at radius 2 is 1.96 bits per heavy atom. The third-order valence-corrected chi connectivity index (χ3v) is 4.55.